The van der Waals surface area contributed by atoms with E-state index in [1.54, 1.807) is 6.08 Å². The van der Waals surface area contributed by atoms with Gasteiger partial charge in [0.25, 0.3) is 0 Å². The lowest BCUT2D eigenvalue weighted by Crippen LogP contribution is -2.36. The molecule has 0 fully saturated rings. The first kappa shape index (κ1) is 16.3. The average Bonchev–Trinajstić information content (AvgIpc) is 2.31. The van der Waals surface area contributed by atoms with Gasteiger partial charge in [0.2, 0.25) is 0 Å². The van der Waals surface area contributed by atoms with Crippen LogP contribution in [0, 0.1) is 5.82 Å². The number of nitrogens with one attached hydrogen (secondary N) is 1. The van der Waals surface area contributed by atoms with E-state index in [9.17, 15) is 8.60 Å². The van der Waals surface area contributed by atoms with E-state index in [-0.39, 0.29) is 10.7 Å². The van der Waals surface area contributed by atoms with Gasteiger partial charge in [0.05, 0.1) is 32.5 Å². The van der Waals surface area contributed by atoms with E-state index >= 15 is 0 Å². The Morgan fingerprint density at radius 2 is 2.26 bits per heavy atom. The molecule has 106 valence electrons. The predicted molar refractivity (Wildman–Crippen MR) is 77.8 cm³/mol. The molecule has 0 aliphatic heterocycles. The van der Waals surface area contributed by atoms with Crippen molar-refractivity contribution in [3.05, 3.63) is 41.5 Å². The molecule has 0 saturated heterocycles. The molecule has 0 aliphatic rings. The quantitative estimate of drug-likeness (QED) is 0.845. The lowest BCUT2D eigenvalue weighted by Gasteiger charge is -2.23. The molecule has 0 amide bonds. The maximum absolute atomic E-state index is 14.0. The lowest BCUT2D eigenvalue weighted by atomic mass is 10.1. The van der Waals surface area contributed by atoms with Gasteiger partial charge in [-0.05, 0) is 33.3 Å². The molecule has 1 N–H and O–H groups in total. The Balaban J connectivity index is 3.04. The van der Waals surface area contributed by atoms with E-state index in [0.717, 1.165) is 0 Å². The molecule has 1 aromatic heterocycles. The Kier molecular flexibility index (Phi) is 5.64. The minimum Gasteiger partial charge on any atom is -0.256 e. The molecule has 19 heavy (non-hydrogen) atoms. The molecule has 1 heterocycles. The molecule has 1 aromatic rings. The molecule has 0 saturated carbocycles. The maximum atomic E-state index is 14.0. The third kappa shape index (κ3) is 4.37. The summed E-state index contributed by atoms with van der Waals surface area (Å²) in [5, 5.41) is 0.00223. The highest BCUT2D eigenvalue weighted by Crippen LogP contribution is 2.25. The molecule has 1 rings (SSSR count). The van der Waals surface area contributed by atoms with Gasteiger partial charge in [-0.15, -0.1) is 6.58 Å². The van der Waals surface area contributed by atoms with Crippen LogP contribution >= 0.6 is 11.6 Å². The van der Waals surface area contributed by atoms with Crippen LogP contribution in [0.1, 0.15) is 38.9 Å². The SMILES string of the molecule is C=CC[C@@H](N[S@@](=O)C(C)(C)C)c1nccc(Cl)c1F. The summed E-state index contributed by atoms with van der Waals surface area (Å²) in [4.78, 5) is 3.99. The smallest absolute Gasteiger partial charge is 0.164 e. The van der Waals surface area contributed by atoms with Gasteiger partial charge in [0.1, 0.15) is 0 Å². The second-order valence-corrected chi connectivity index (χ2v) is 7.47. The zero-order valence-corrected chi connectivity index (χ0v) is 12.8. The minimum absolute atomic E-state index is 0.00223. The third-order valence-electron chi connectivity index (χ3n) is 2.41. The molecule has 2 atom stereocenters. The Hall–Kier alpha value is -0.780. The van der Waals surface area contributed by atoms with Gasteiger partial charge in [0.15, 0.2) is 5.82 Å². The number of hydrogen-bond acceptors (Lipinski definition) is 2. The second kappa shape index (κ2) is 6.59. The van der Waals surface area contributed by atoms with Crippen molar-refractivity contribution in [2.24, 2.45) is 0 Å². The summed E-state index contributed by atoms with van der Waals surface area (Å²) < 4.78 is 28.5. The zero-order valence-electron chi connectivity index (χ0n) is 11.2. The van der Waals surface area contributed by atoms with E-state index in [0.29, 0.717) is 6.42 Å². The summed E-state index contributed by atoms with van der Waals surface area (Å²) >= 11 is 5.74. The van der Waals surface area contributed by atoms with Gasteiger partial charge in [-0.2, -0.15) is 0 Å². The second-order valence-electron chi connectivity index (χ2n) is 5.07. The first-order valence-corrected chi connectivity index (χ1v) is 7.39. The van der Waals surface area contributed by atoms with Crippen molar-refractivity contribution in [1.29, 1.82) is 0 Å². The Morgan fingerprint density at radius 3 is 2.79 bits per heavy atom. The lowest BCUT2D eigenvalue weighted by molar-refractivity contribution is 0.541. The van der Waals surface area contributed by atoms with Crippen LogP contribution in [-0.2, 0) is 11.0 Å². The number of hydrogen-bond donors (Lipinski definition) is 1. The Morgan fingerprint density at radius 1 is 1.63 bits per heavy atom. The minimum atomic E-state index is -1.33. The largest absolute Gasteiger partial charge is 0.256 e. The third-order valence-corrected chi connectivity index (χ3v) is 4.31. The maximum Gasteiger partial charge on any atom is 0.164 e. The van der Waals surface area contributed by atoms with E-state index in [1.807, 2.05) is 20.8 Å². The molecule has 0 aromatic carbocycles. The van der Waals surface area contributed by atoms with E-state index in [4.69, 9.17) is 11.6 Å². The highest BCUT2D eigenvalue weighted by Gasteiger charge is 2.25. The summed E-state index contributed by atoms with van der Waals surface area (Å²) in [6, 6.07) is 0.864. The van der Waals surface area contributed by atoms with Crippen molar-refractivity contribution < 1.29 is 8.60 Å². The fourth-order valence-corrected chi connectivity index (χ4v) is 2.34. The number of halogens is 2. The highest BCUT2D eigenvalue weighted by molar-refractivity contribution is 7.84. The van der Waals surface area contributed by atoms with E-state index in [1.165, 1.54) is 12.3 Å². The Labute approximate surface area is 120 Å². The molecule has 6 heteroatoms. The van der Waals surface area contributed by atoms with Gasteiger partial charge in [-0.3, -0.25) is 4.98 Å². The monoisotopic (exact) mass is 304 g/mol. The summed E-state index contributed by atoms with van der Waals surface area (Å²) in [5.41, 5.74) is 0.157. The Bertz CT molecular complexity index is 488. The van der Waals surface area contributed by atoms with Crippen molar-refractivity contribution in [2.75, 3.05) is 0 Å². The predicted octanol–water partition coefficient (Wildman–Crippen LogP) is 3.54. The van der Waals surface area contributed by atoms with Crippen LogP contribution in [0.5, 0.6) is 0 Å². The van der Waals surface area contributed by atoms with Crippen LogP contribution < -0.4 is 4.72 Å². The summed E-state index contributed by atoms with van der Waals surface area (Å²) in [7, 11) is -1.33. The topological polar surface area (TPSA) is 42.0 Å². The van der Waals surface area contributed by atoms with Gasteiger partial charge in [0, 0.05) is 6.20 Å². The first-order valence-electron chi connectivity index (χ1n) is 5.86. The van der Waals surface area contributed by atoms with Crippen molar-refractivity contribution in [3.63, 3.8) is 0 Å². The zero-order chi connectivity index (χ0) is 14.6. The van der Waals surface area contributed by atoms with Crippen LogP contribution in [0.25, 0.3) is 0 Å². The number of pyridine rings is 1. The van der Waals surface area contributed by atoms with Gasteiger partial charge < -0.3 is 0 Å². The van der Waals surface area contributed by atoms with Crippen molar-refractivity contribution in [1.82, 2.24) is 9.71 Å². The molecule has 0 spiro atoms. The highest BCUT2D eigenvalue weighted by atomic mass is 35.5. The number of rotatable bonds is 5. The normalized spacial score (nSPS) is 15.0. The van der Waals surface area contributed by atoms with Crippen molar-refractivity contribution >= 4 is 22.6 Å². The summed E-state index contributed by atoms with van der Waals surface area (Å²) in [6.45, 7) is 9.13. The molecule has 0 unspecified atom stereocenters. The number of aromatic nitrogens is 1. The molecule has 0 radical (unpaired) electrons. The fraction of sp³-hybridized carbons (Fsp3) is 0.462. The molecular weight excluding hydrogens is 287 g/mol. The van der Waals surface area contributed by atoms with Gasteiger partial charge >= 0.3 is 0 Å². The van der Waals surface area contributed by atoms with Crippen LogP contribution in [-0.4, -0.2) is 13.9 Å². The van der Waals surface area contributed by atoms with Crippen molar-refractivity contribution in [2.45, 2.75) is 38.0 Å². The van der Waals surface area contributed by atoms with Crippen LogP contribution in [0.3, 0.4) is 0 Å². The van der Waals surface area contributed by atoms with Gasteiger partial charge in [-0.25, -0.2) is 13.3 Å². The van der Waals surface area contributed by atoms with Crippen LogP contribution in [0.4, 0.5) is 4.39 Å². The van der Waals surface area contributed by atoms with Crippen molar-refractivity contribution in [3.8, 4) is 0 Å². The van der Waals surface area contributed by atoms with Gasteiger partial charge in [-0.1, -0.05) is 17.7 Å². The molecule has 0 bridgehead atoms. The van der Waals surface area contributed by atoms with E-state index in [2.05, 4.69) is 16.3 Å². The van der Waals surface area contributed by atoms with Crippen LogP contribution in [0.2, 0.25) is 5.02 Å². The molecule has 0 aliphatic carbocycles. The summed E-state index contributed by atoms with van der Waals surface area (Å²) in [6.07, 6.45) is 3.46. The fourth-order valence-electron chi connectivity index (χ4n) is 1.37. The number of nitrogens with zero attached hydrogens (tertiary/aromatic N) is 1. The molecule has 3 nitrogen and oxygen atoms in total. The molecular formula is C13H18ClFN2OS. The average molecular weight is 305 g/mol. The van der Waals surface area contributed by atoms with Crippen LogP contribution in [0.15, 0.2) is 24.9 Å². The first-order chi connectivity index (χ1) is 8.77. The standard InChI is InChI=1S/C13H18ClFN2OS/c1-5-6-10(17-19(18)13(2,3)4)12-11(15)9(14)7-8-16-12/h5,7-8,10,17H,1,6H2,2-4H3/t10-,19+/m1/s1. The van der Waals surface area contributed by atoms with E-state index < -0.39 is 27.6 Å². The summed E-state index contributed by atoms with van der Waals surface area (Å²) in [5.74, 6) is -0.588.